The third kappa shape index (κ3) is 2.71. The van der Waals surface area contributed by atoms with E-state index in [9.17, 15) is 18.0 Å². The Morgan fingerprint density at radius 1 is 1.29 bits per heavy atom. The molecule has 7 heteroatoms. The van der Waals surface area contributed by atoms with Gasteiger partial charge in [-0.1, -0.05) is 0 Å². The molecular weight excluding hydrogens is 228 g/mol. The Morgan fingerprint density at radius 2 is 1.93 bits per heavy atom. The average molecular weight is 234 g/mol. The molecule has 0 fully saturated rings. The van der Waals surface area contributed by atoms with E-state index in [1.807, 2.05) is 0 Å². The van der Waals surface area contributed by atoms with Crippen molar-refractivity contribution < 1.29 is 22.2 Å². The van der Waals surface area contributed by atoms with Crippen molar-refractivity contribution >= 4 is 34.3 Å². The summed E-state index contributed by atoms with van der Waals surface area (Å²) < 4.78 is 26.1. The maximum atomic E-state index is 11.0. The zero-order valence-electron chi connectivity index (χ0n) is 6.84. The van der Waals surface area contributed by atoms with Crippen molar-refractivity contribution in [3.05, 3.63) is 24.0 Å². The number of hydrogen-bond donors (Lipinski definition) is 1. The SMILES string of the molecule is O=C1C=CC(=O)C(OS(=O)(=O)CS)=C1. The molecule has 1 aliphatic carbocycles. The van der Waals surface area contributed by atoms with Crippen molar-refractivity contribution in [3.63, 3.8) is 0 Å². The van der Waals surface area contributed by atoms with Crippen molar-refractivity contribution in [2.24, 2.45) is 0 Å². The molecule has 0 saturated heterocycles. The van der Waals surface area contributed by atoms with Crippen LogP contribution in [0.4, 0.5) is 0 Å². The highest BCUT2D eigenvalue weighted by atomic mass is 32.3. The second-order valence-electron chi connectivity index (χ2n) is 2.38. The van der Waals surface area contributed by atoms with Crippen molar-refractivity contribution in [1.82, 2.24) is 0 Å². The monoisotopic (exact) mass is 234 g/mol. The summed E-state index contributed by atoms with van der Waals surface area (Å²) in [5.41, 5.74) is 0. The summed E-state index contributed by atoms with van der Waals surface area (Å²) in [5, 5.41) is -0.560. The minimum atomic E-state index is -3.89. The maximum Gasteiger partial charge on any atom is 0.318 e. The fraction of sp³-hybridized carbons (Fsp3) is 0.143. The van der Waals surface area contributed by atoms with Crippen molar-refractivity contribution in [1.29, 1.82) is 0 Å². The van der Waals surface area contributed by atoms with E-state index in [4.69, 9.17) is 0 Å². The highest BCUT2D eigenvalue weighted by molar-refractivity contribution is 8.01. The molecule has 0 N–H and O–H groups in total. The number of allylic oxidation sites excluding steroid dienone is 3. The minimum Gasteiger partial charge on any atom is -0.377 e. The van der Waals surface area contributed by atoms with Gasteiger partial charge in [-0.25, -0.2) is 0 Å². The van der Waals surface area contributed by atoms with E-state index in [2.05, 4.69) is 16.8 Å². The van der Waals surface area contributed by atoms with Crippen molar-refractivity contribution in [2.45, 2.75) is 0 Å². The van der Waals surface area contributed by atoms with Gasteiger partial charge in [-0.3, -0.25) is 9.59 Å². The highest BCUT2D eigenvalue weighted by Gasteiger charge is 2.20. The third-order valence-corrected chi connectivity index (χ3v) is 2.99. The van der Waals surface area contributed by atoms with E-state index < -0.39 is 32.5 Å². The van der Waals surface area contributed by atoms with Gasteiger partial charge in [-0.05, 0) is 12.2 Å². The maximum absolute atomic E-state index is 11.0. The van der Waals surface area contributed by atoms with Crippen LogP contribution in [0.15, 0.2) is 24.0 Å². The summed E-state index contributed by atoms with van der Waals surface area (Å²) in [5.74, 6) is -1.64. The number of carbonyl (C=O) groups excluding carboxylic acids is 2. The van der Waals surface area contributed by atoms with E-state index in [-0.39, 0.29) is 0 Å². The van der Waals surface area contributed by atoms with Gasteiger partial charge in [0.25, 0.3) is 0 Å². The van der Waals surface area contributed by atoms with Crippen molar-refractivity contribution in [3.8, 4) is 0 Å². The second kappa shape index (κ2) is 3.97. The Kier molecular flexibility index (Phi) is 3.12. The summed E-state index contributed by atoms with van der Waals surface area (Å²) in [6, 6.07) is 0. The molecule has 1 rings (SSSR count). The first-order valence-corrected chi connectivity index (χ1v) is 5.67. The molecule has 0 atom stereocenters. The predicted molar refractivity (Wildman–Crippen MR) is 51.1 cm³/mol. The molecule has 0 bridgehead atoms. The number of ketones is 2. The van der Waals surface area contributed by atoms with Crippen LogP contribution in [0, 0.1) is 0 Å². The van der Waals surface area contributed by atoms with E-state index >= 15 is 0 Å². The Balaban J connectivity index is 2.90. The van der Waals surface area contributed by atoms with Crippen molar-refractivity contribution in [2.75, 3.05) is 5.08 Å². The Hall–Kier alpha value is -1.08. The van der Waals surface area contributed by atoms with E-state index in [0.717, 1.165) is 18.2 Å². The molecule has 1 aliphatic rings. The van der Waals surface area contributed by atoms with Crippen LogP contribution in [0.2, 0.25) is 0 Å². The van der Waals surface area contributed by atoms with Gasteiger partial charge in [0.15, 0.2) is 11.5 Å². The van der Waals surface area contributed by atoms with Gasteiger partial charge in [-0.15, -0.1) is 0 Å². The van der Waals surface area contributed by atoms with Gasteiger partial charge in [0.05, 0.1) is 0 Å². The lowest BCUT2D eigenvalue weighted by atomic mass is 10.1. The molecule has 0 aromatic rings. The Labute approximate surface area is 86.0 Å². The summed E-state index contributed by atoms with van der Waals surface area (Å²) in [6.07, 6.45) is 2.80. The van der Waals surface area contributed by atoms with Crippen LogP contribution in [-0.4, -0.2) is 25.1 Å². The lowest BCUT2D eigenvalue weighted by Crippen LogP contribution is -2.15. The first kappa shape index (κ1) is 11.0. The molecule has 0 aliphatic heterocycles. The molecule has 0 amide bonds. The van der Waals surface area contributed by atoms with Crippen LogP contribution >= 0.6 is 12.6 Å². The van der Waals surface area contributed by atoms with Crippen LogP contribution in [0.5, 0.6) is 0 Å². The second-order valence-corrected chi connectivity index (χ2v) is 4.69. The van der Waals surface area contributed by atoms with Crippen LogP contribution in [0.25, 0.3) is 0 Å². The molecule has 0 saturated carbocycles. The molecule has 0 aromatic carbocycles. The lowest BCUT2D eigenvalue weighted by Gasteiger charge is -2.07. The van der Waals surface area contributed by atoms with Crippen LogP contribution in [0.3, 0.4) is 0 Å². The zero-order chi connectivity index (χ0) is 10.8. The van der Waals surface area contributed by atoms with E-state index in [1.165, 1.54) is 0 Å². The van der Waals surface area contributed by atoms with Crippen LogP contribution in [-0.2, 0) is 23.9 Å². The summed E-state index contributed by atoms with van der Waals surface area (Å²) >= 11 is 3.50. The predicted octanol–water partition coefficient (Wildman–Crippen LogP) is -0.188. The molecular formula is C7H6O5S2. The summed E-state index contributed by atoms with van der Waals surface area (Å²) in [4.78, 5) is 21.8. The van der Waals surface area contributed by atoms with Crippen LogP contribution in [0.1, 0.15) is 0 Å². The topological polar surface area (TPSA) is 77.5 Å². The van der Waals surface area contributed by atoms with Gasteiger partial charge < -0.3 is 4.18 Å². The number of hydrogen-bond acceptors (Lipinski definition) is 6. The fourth-order valence-electron chi connectivity index (χ4n) is 0.717. The smallest absolute Gasteiger partial charge is 0.318 e. The molecule has 76 valence electrons. The first-order valence-electron chi connectivity index (χ1n) is 3.46. The largest absolute Gasteiger partial charge is 0.377 e. The molecule has 0 unspecified atom stereocenters. The normalized spacial score (nSPS) is 16.8. The Bertz CT molecular complexity index is 429. The van der Waals surface area contributed by atoms with Gasteiger partial charge >= 0.3 is 10.1 Å². The molecule has 0 aromatic heterocycles. The summed E-state index contributed by atoms with van der Waals surface area (Å²) in [7, 11) is -3.89. The molecule has 5 nitrogen and oxygen atoms in total. The average Bonchev–Trinajstić information content (AvgIpc) is 2.11. The molecule has 0 radical (unpaired) electrons. The van der Waals surface area contributed by atoms with Gasteiger partial charge in [0, 0.05) is 6.08 Å². The Morgan fingerprint density at radius 3 is 2.50 bits per heavy atom. The standard InChI is InChI=1S/C7H6O5S2/c8-5-1-2-6(9)7(3-5)12-14(10,11)4-13/h1-3,13H,4H2. The fourth-order valence-corrected chi connectivity index (χ4v) is 1.33. The minimum absolute atomic E-state index is 0.492. The third-order valence-electron chi connectivity index (χ3n) is 1.29. The summed E-state index contributed by atoms with van der Waals surface area (Å²) in [6.45, 7) is 0. The molecule has 0 heterocycles. The zero-order valence-corrected chi connectivity index (χ0v) is 8.55. The van der Waals surface area contributed by atoms with Crippen LogP contribution < -0.4 is 0 Å². The van der Waals surface area contributed by atoms with Gasteiger partial charge in [-0.2, -0.15) is 21.0 Å². The number of carbonyl (C=O) groups is 2. The molecule has 14 heavy (non-hydrogen) atoms. The van der Waals surface area contributed by atoms with Gasteiger partial charge in [0.1, 0.15) is 5.08 Å². The number of thiol groups is 1. The van der Waals surface area contributed by atoms with Gasteiger partial charge in [0.2, 0.25) is 5.78 Å². The lowest BCUT2D eigenvalue weighted by molar-refractivity contribution is -0.116. The highest BCUT2D eigenvalue weighted by Crippen LogP contribution is 2.11. The van der Waals surface area contributed by atoms with E-state index in [1.54, 1.807) is 0 Å². The molecule has 0 spiro atoms. The quantitative estimate of drug-likeness (QED) is 0.416. The first-order chi connectivity index (χ1) is 6.44. The number of rotatable bonds is 3. The van der Waals surface area contributed by atoms with E-state index in [0.29, 0.717) is 0 Å².